The van der Waals surface area contributed by atoms with Crippen LogP contribution >= 0.6 is 0 Å². The van der Waals surface area contributed by atoms with Crippen molar-refractivity contribution in [3.63, 3.8) is 0 Å². The highest BCUT2D eigenvalue weighted by atomic mass is 32.2. The average Bonchev–Trinajstić information content (AvgIpc) is 2.65. The molecule has 0 radical (unpaired) electrons. The van der Waals surface area contributed by atoms with Crippen LogP contribution in [0.1, 0.15) is 19.3 Å². The van der Waals surface area contributed by atoms with Crippen molar-refractivity contribution in [2.75, 3.05) is 0 Å². The number of nitrogens with one attached hydrogen (secondary N) is 1. The fourth-order valence-electron chi connectivity index (χ4n) is 1.85. The second-order valence-electron chi connectivity index (χ2n) is 3.91. The van der Waals surface area contributed by atoms with Crippen molar-refractivity contribution in [2.45, 2.75) is 36.3 Å². The van der Waals surface area contributed by atoms with Gasteiger partial charge in [0.15, 0.2) is 0 Å². The van der Waals surface area contributed by atoms with Crippen LogP contribution in [0.25, 0.3) is 0 Å². The summed E-state index contributed by atoms with van der Waals surface area (Å²) >= 11 is 0. The summed E-state index contributed by atoms with van der Waals surface area (Å²) in [6, 6.07) is 2.68. The van der Waals surface area contributed by atoms with E-state index < -0.39 is 16.1 Å². The lowest BCUT2D eigenvalue weighted by Crippen LogP contribution is -2.39. The molecule has 1 heterocycles. The Balaban J connectivity index is 2.15. The summed E-state index contributed by atoms with van der Waals surface area (Å²) in [5, 5.41) is 9.56. The number of sulfonamides is 1. The maximum absolute atomic E-state index is 11.9. The first-order valence-corrected chi connectivity index (χ1v) is 6.68. The fourth-order valence-corrected chi connectivity index (χ4v) is 3.12. The van der Waals surface area contributed by atoms with Crippen molar-refractivity contribution in [3.8, 4) is 0 Å². The van der Waals surface area contributed by atoms with Crippen molar-refractivity contribution in [2.24, 2.45) is 0 Å². The van der Waals surface area contributed by atoms with Gasteiger partial charge in [-0.05, 0) is 31.4 Å². The number of aliphatic hydroxyl groups excluding tert-OH is 1. The van der Waals surface area contributed by atoms with Gasteiger partial charge in [-0.1, -0.05) is 0 Å². The van der Waals surface area contributed by atoms with Gasteiger partial charge in [0.25, 0.3) is 0 Å². The molecule has 1 fully saturated rings. The first-order valence-electron chi connectivity index (χ1n) is 5.20. The second kappa shape index (κ2) is 4.48. The summed E-state index contributed by atoms with van der Waals surface area (Å²) in [6.45, 7) is 0. The molecule has 1 aromatic rings. The van der Waals surface area contributed by atoms with Gasteiger partial charge in [-0.15, -0.1) is 0 Å². The molecule has 1 aromatic heterocycles. The summed E-state index contributed by atoms with van der Waals surface area (Å²) in [5.74, 6) is 0. The number of aromatic nitrogens is 1. The number of rotatable bonds is 3. The summed E-state index contributed by atoms with van der Waals surface area (Å²) in [7, 11) is -3.55. The topological polar surface area (TPSA) is 79.3 Å². The molecule has 2 rings (SSSR count). The van der Waals surface area contributed by atoms with Gasteiger partial charge in [-0.2, -0.15) is 0 Å². The van der Waals surface area contributed by atoms with Crippen molar-refractivity contribution >= 4 is 10.0 Å². The molecule has 0 spiro atoms. The van der Waals surface area contributed by atoms with E-state index in [2.05, 4.69) is 9.71 Å². The molecule has 0 saturated heterocycles. The van der Waals surface area contributed by atoms with Crippen LogP contribution in [-0.2, 0) is 10.0 Å². The monoisotopic (exact) mass is 242 g/mol. The Hall–Kier alpha value is -0.980. The number of hydrogen-bond donors (Lipinski definition) is 2. The molecule has 0 bridgehead atoms. The van der Waals surface area contributed by atoms with Gasteiger partial charge < -0.3 is 5.11 Å². The number of pyridine rings is 1. The zero-order valence-electron chi connectivity index (χ0n) is 8.70. The molecule has 16 heavy (non-hydrogen) atoms. The summed E-state index contributed by atoms with van der Waals surface area (Å²) in [5.41, 5.74) is 0. The fraction of sp³-hybridized carbons (Fsp3) is 0.500. The van der Waals surface area contributed by atoms with Crippen LogP contribution in [0, 0.1) is 0 Å². The largest absolute Gasteiger partial charge is 0.391 e. The van der Waals surface area contributed by atoms with E-state index in [1.54, 1.807) is 6.07 Å². The third kappa shape index (κ3) is 2.40. The number of hydrogen-bond acceptors (Lipinski definition) is 4. The van der Waals surface area contributed by atoms with Crippen molar-refractivity contribution in [1.82, 2.24) is 9.71 Å². The van der Waals surface area contributed by atoms with Gasteiger partial charge in [0, 0.05) is 18.4 Å². The summed E-state index contributed by atoms with van der Waals surface area (Å²) in [4.78, 5) is 3.90. The van der Waals surface area contributed by atoms with Gasteiger partial charge in [0.2, 0.25) is 10.0 Å². The third-order valence-electron chi connectivity index (χ3n) is 2.73. The molecule has 1 saturated carbocycles. The highest BCUT2D eigenvalue weighted by Crippen LogP contribution is 2.20. The van der Waals surface area contributed by atoms with Crippen molar-refractivity contribution < 1.29 is 13.5 Å². The van der Waals surface area contributed by atoms with Crippen molar-refractivity contribution in [3.05, 3.63) is 24.5 Å². The Kier molecular flexibility index (Phi) is 3.22. The minimum Gasteiger partial charge on any atom is -0.391 e. The Morgan fingerprint density at radius 1 is 1.44 bits per heavy atom. The summed E-state index contributed by atoms with van der Waals surface area (Å²) < 4.78 is 26.2. The van der Waals surface area contributed by atoms with E-state index in [0.717, 1.165) is 6.42 Å². The van der Waals surface area contributed by atoms with Gasteiger partial charge in [0.1, 0.15) is 4.90 Å². The molecule has 2 N–H and O–H groups in total. The molecule has 0 aromatic carbocycles. The molecular weight excluding hydrogens is 228 g/mol. The van der Waals surface area contributed by atoms with Crippen LogP contribution in [0.15, 0.2) is 29.4 Å². The highest BCUT2D eigenvalue weighted by Gasteiger charge is 2.29. The molecule has 0 aliphatic heterocycles. The standard InChI is InChI=1S/C10H14N2O3S/c13-10-5-1-4-9(10)12-16(14,15)8-3-2-6-11-7-8/h2-3,6-7,9-10,12-13H,1,4-5H2. The maximum atomic E-state index is 11.9. The zero-order valence-corrected chi connectivity index (χ0v) is 9.52. The molecule has 2 unspecified atom stereocenters. The first kappa shape index (κ1) is 11.5. The van der Waals surface area contributed by atoms with Gasteiger partial charge >= 0.3 is 0 Å². The van der Waals surface area contributed by atoms with Crippen LogP contribution < -0.4 is 4.72 Å². The minimum atomic E-state index is -3.55. The highest BCUT2D eigenvalue weighted by molar-refractivity contribution is 7.89. The third-order valence-corrected chi connectivity index (χ3v) is 4.21. The van der Waals surface area contributed by atoms with Gasteiger partial charge in [-0.3, -0.25) is 4.98 Å². The predicted octanol–water partition coefficient (Wildman–Crippen LogP) is 0.273. The molecule has 88 valence electrons. The lowest BCUT2D eigenvalue weighted by Gasteiger charge is -2.16. The number of nitrogens with zero attached hydrogens (tertiary/aromatic N) is 1. The smallest absolute Gasteiger partial charge is 0.242 e. The van der Waals surface area contributed by atoms with Crippen molar-refractivity contribution in [1.29, 1.82) is 0 Å². The maximum Gasteiger partial charge on any atom is 0.242 e. The minimum absolute atomic E-state index is 0.133. The van der Waals surface area contributed by atoms with E-state index in [-0.39, 0.29) is 10.9 Å². The Morgan fingerprint density at radius 3 is 2.81 bits per heavy atom. The SMILES string of the molecule is O=S(=O)(NC1CCCC1O)c1cccnc1. The normalized spacial score (nSPS) is 25.8. The van der Waals surface area contributed by atoms with Gasteiger partial charge in [0.05, 0.1) is 6.10 Å². The molecular formula is C10H14N2O3S. The lowest BCUT2D eigenvalue weighted by molar-refractivity contribution is 0.159. The van der Waals surface area contributed by atoms with E-state index in [1.807, 2.05) is 0 Å². The van der Waals surface area contributed by atoms with Crippen LogP contribution in [-0.4, -0.2) is 30.7 Å². The summed E-state index contributed by atoms with van der Waals surface area (Å²) in [6.07, 6.45) is 4.42. The zero-order chi connectivity index (χ0) is 11.6. The predicted molar refractivity (Wildman–Crippen MR) is 58.2 cm³/mol. The van der Waals surface area contributed by atoms with E-state index in [4.69, 9.17) is 0 Å². The Labute approximate surface area is 94.6 Å². The number of aliphatic hydroxyl groups is 1. The van der Waals surface area contributed by atoms with Crippen LogP contribution in [0.3, 0.4) is 0 Å². The lowest BCUT2D eigenvalue weighted by atomic mass is 10.2. The van der Waals surface area contributed by atoms with Crippen LogP contribution in [0.2, 0.25) is 0 Å². The molecule has 6 heteroatoms. The molecule has 1 aliphatic carbocycles. The second-order valence-corrected chi connectivity index (χ2v) is 5.63. The van der Waals surface area contributed by atoms with E-state index in [9.17, 15) is 13.5 Å². The van der Waals surface area contributed by atoms with Gasteiger partial charge in [-0.25, -0.2) is 13.1 Å². The molecule has 2 atom stereocenters. The Bertz CT molecular complexity index is 446. The first-order chi connectivity index (χ1) is 7.59. The molecule has 5 nitrogen and oxygen atoms in total. The molecule has 1 aliphatic rings. The Morgan fingerprint density at radius 2 is 2.25 bits per heavy atom. The van der Waals surface area contributed by atoms with E-state index in [1.165, 1.54) is 18.5 Å². The van der Waals surface area contributed by atoms with E-state index >= 15 is 0 Å². The average molecular weight is 242 g/mol. The van der Waals surface area contributed by atoms with E-state index in [0.29, 0.717) is 12.8 Å². The molecule has 0 amide bonds. The quantitative estimate of drug-likeness (QED) is 0.797. The van der Waals surface area contributed by atoms with Crippen LogP contribution in [0.4, 0.5) is 0 Å². The van der Waals surface area contributed by atoms with Crippen LogP contribution in [0.5, 0.6) is 0 Å².